The second-order valence-electron chi connectivity index (χ2n) is 4.87. The molecule has 2 aromatic heterocycles. The van der Waals surface area contributed by atoms with Gasteiger partial charge in [-0.3, -0.25) is 0 Å². The summed E-state index contributed by atoms with van der Waals surface area (Å²) in [6.07, 6.45) is 1.96. The number of aromatic nitrogens is 4. The van der Waals surface area contributed by atoms with Gasteiger partial charge in [0.05, 0.1) is 27.8 Å². The number of hydrogen-bond acceptors (Lipinski definition) is 5. The second-order valence-corrected chi connectivity index (χ2v) is 8.04. The number of hydrogen-bond donors (Lipinski definition) is 0. The quantitative estimate of drug-likeness (QED) is 0.453. The van der Waals surface area contributed by atoms with Crippen molar-refractivity contribution in [2.24, 2.45) is 0 Å². The monoisotopic (exact) mass is 402 g/mol. The lowest BCUT2D eigenvalue weighted by Crippen LogP contribution is -1.93. The number of thioether (sulfide) groups is 1. The van der Waals surface area contributed by atoms with Gasteiger partial charge in [-0.05, 0) is 36.4 Å². The Bertz CT molecular complexity index is 913. The zero-order valence-corrected chi connectivity index (χ0v) is 15.1. The van der Waals surface area contributed by atoms with Gasteiger partial charge in [-0.2, -0.15) is 0 Å². The average molecular weight is 403 g/mol. The molecule has 0 spiro atoms. The highest BCUT2D eigenvalue weighted by atomic mass is 79.9. The molecule has 2 aromatic carbocycles. The van der Waals surface area contributed by atoms with Crippen molar-refractivity contribution in [1.82, 2.24) is 20.0 Å². The van der Waals surface area contributed by atoms with Crippen LogP contribution in [-0.4, -0.2) is 20.0 Å². The molecule has 0 aliphatic heterocycles. The van der Waals surface area contributed by atoms with Gasteiger partial charge in [-0.15, -0.1) is 16.4 Å². The number of fused-ring (bicyclic) bond motifs is 1. The first-order valence-corrected chi connectivity index (χ1v) is 9.53. The van der Waals surface area contributed by atoms with Crippen LogP contribution in [0.4, 0.5) is 0 Å². The van der Waals surface area contributed by atoms with E-state index in [0.717, 1.165) is 31.5 Å². The van der Waals surface area contributed by atoms with Crippen LogP contribution in [0.2, 0.25) is 0 Å². The lowest BCUT2D eigenvalue weighted by atomic mass is 10.3. The molecule has 2 heterocycles. The van der Waals surface area contributed by atoms with Crippen LogP contribution in [-0.2, 0) is 5.75 Å². The van der Waals surface area contributed by atoms with Gasteiger partial charge in [0.25, 0.3) is 0 Å². The summed E-state index contributed by atoms with van der Waals surface area (Å²) in [4.78, 5) is 4.62. The van der Waals surface area contributed by atoms with Crippen molar-refractivity contribution in [2.45, 2.75) is 10.1 Å². The number of thiazole rings is 1. The van der Waals surface area contributed by atoms with E-state index in [1.54, 1.807) is 27.8 Å². The first-order chi connectivity index (χ1) is 11.3. The predicted molar refractivity (Wildman–Crippen MR) is 98.2 cm³/mol. The molecule has 4 aromatic rings. The van der Waals surface area contributed by atoms with Crippen molar-refractivity contribution < 1.29 is 0 Å². The predicted octanol–water partition coefficient (Wildman–Crippen LogP) is 4.93. The summed E-state index contributed by atoms with van der Waals surface area (Å²) in [6.45, 7) is 0. The highest BCUT2D eigenvalue weighted by Crippen LogP contribution is 2.31. The number of para-hydroxylation sites is 1. The van der Waals surface area contributed by atoms with Gasteiger partial charge in [0.15, 0.2) is 4.34 Å². The molecule has 0 N–H and O–H groups in total. The molecule has 0 saturated heterocycles. The van der Waals surface area contributed by atoms with Crippen molar-refractivity contribution in [2.75, 3.05) is 0 Å². The summed E-state index contributed by atoms with van der Waals surface area (Å²) >= 11 is 6.84. The van der Waals surface area contributed by atoms with E-state index in [2.05, 4.69) is 37.3 Å². The van der Waals surface area contributed by atoms with Crippen molar-refractivity contribution in [3.8, 4) is 5.69 Å². The van der Waals surface area contributed by atoms with E-state index in [-0.39, 0.29) is 0 Å². The van der Waals surface area contributed by atoms with Crippen LogP contribution in [0.15, 0.2) is 63.5 Å². The van der Waals surface area contributed by atoms with Crippen LogP contribution in [0.3, 0.4) is 0 Å². The van der Waals surface area contributed by atoms with E-state index in [1.165, 1.54) is 4.70 Å². The SMILES string of the molecule is Brc1ccc(-n2cc(CSc3nc4ccccc4s3)nn2)cc1. The molecule has 0 aliphatic rings. The van der Waals surface area contributed by atoms with Gasteiger partial charge >= 0.3 is 0 Å². The highest BCUT2D eigenvalue weighted by molar-refractivity contribution is 9.10. The number of halogens is 1. The van der Waals surface area contributed by atoms with E-state index < -0.39 is 0 Å². The molecule has 0 bridgehead atoms. The fourth-order valence-corrected chi connectivity index (χ4v) is 4.34. The summed E-state index contributed by atoms with van der Waals surface area (Å²) in [5, 5.41) is 8.43. The maximum atomic E-state index is 4.62. The molecule has 0 atom stereocenters. The fourth-order valence-electron chi connectivity index (χ4n) is 2.13. The Kier molecular flexibility index (Phi) is 4.15. The molecular formula is C16H11BrN4S2. The van der Waals surface area contributed by atoms with E-state index >= 15 is 0 Å². The van der Waals surface area contributed by atoms with Crippen LogP contribution in [0.1, 0.15) is 5.69 Å². The molecule has 0 fully saturated rings. The van der Waals surface area contributed by atoms with E-state index in [1.807, 2.05) is 48.7 Å². The van der Waals surface area contributed by atoms with Crippen molar-refractivity contribution in [3.05, 3.63) is 64.9 Å². The minimum atomic E-state index is 0.760. The van der Waals surface area contributed by atoms with Gasteiger partial charge < -0.3 is 0 Å². The first kappa shape index (κ1) is 14.9. The molecule has 7 heteroatoms. The lowest BCUT2D eigenvalue weighted by molar-refractivity contribution is 0.800. The third-order valence-corrected chi connectivity index (χ3v) is 5.99. The third kappa shape index (κ3) is 3.31. The Morgan fingerprint density at radius 2 is 1.91 bits per heavy atom. The maximum Gasteiger partial charge on any atom is 0.151 e. The Labute approximate surface area is 149 Å². The van der Waals surface area contributed by atoms with Crippen molar-refractivity contribution in [3.63, 3.8) is 0 Å². The van der Waals surface area contributed by atoms with Crippen LogP contribution in [0, 0.1) is 0 Å². The molecular weight excluding hydrogens is 392 g/mol. The van der Waals surface area contributed by atoms with Crippen LogP contribution in [0.5, 0.6) is 0 Å². The maximum absolute atomic E-state index is 4.62. The van der Waals surface area contributed by atoms with Gasteiger partial charge in [0.1, 0.15) is 0 Å². The molecule has 0 radical (unpaired) electrons. The van der Waals surface area contributed by atoms with Gasteiger partial charge in [-0.1, -0.05) is 45.0 Å². The van der Waals surface area contributed by atoms with E-state index in [0.29, 0.717) is 0 Å². The third-order valence-electron chi connectivity index (χ3n) is 3.25. The summed E-state index contributed by atoms with van der Waals surface area (Å²) in [5.74, 6) is 0.760. The minimum Gasteiger partial charge on any atom is -0.230 e. The number of rotatable bonds is 4. The molecule has 0 amide bonds. The summed E-state index contributed by atoms with van der Waals surface area (Å²) in [7, 11) is 0. The second kappa shape index (κ2) is 6.43. The van der Waals surface area contributed by atoms with Gasteiger partial charge in [0.2, 0.25) is 0 Å². The zero-order valence-electron chi connectivity index (χ0n) is 11.9. The van der Waals surface area contributed by atoms with Crippen LogP contribution in [0.25, 0.3) is 15.9 Å². The Morgan fingerprint density at radius 1 is 1.09 bits per heavy atom. The summed E-state index contributed by atoms with van der Waals surface area (Å²) in [6, 6.07) is 16.2. The minimum absolute atomic E-state index is 0.760. The summed E-state index contributed by atoms with van der Waals surface area (Å²) < 4.78 is 5.12. The zero-order chi connectivity index (χ0) is 15.6. The molecule has 114 valence electrons. The normalized spacial score (nSPS) is 11.2. The fraction of sp³-hybridized carbons (Fsp3) is 0.0625. The highest BCUT2D eigenvalue weighted by Gasteiger charge is 2.07. The topological polar surface area (TPSA) is 43.6 Å². The standard InChI is InChI=1S/C16H11BrN4S2/c17-11-5-7-13(8-6-11)21-9-12(19-20-21)10-22-16-18-14-3-1-2-4-15(14)23-16/h1-9H,10H2. The Balaban J connectivity index is 1.48. The van der Waals surface area contributed by atoms with Gasteiger partial charge in [0, 0.05) is 10.2 Å². The lowest BCUT2D eigenvalue weighted by Gasteiger charge is -1.98. The molecule has 23 heavy (non-hydrogen) atoms. The van der Waals surface area contributed by atoms with Crippen LogP contribution >= 0.6 is 39.0 Å². The number of benzene rings is 2. The summed E-state index contributed by atoms with van der Waals surface area (Å²) in [5.41, 5.74) is 2.99. The van der Waals surface area contributed by atoms with Crippen molar-refractivity contribution in [1.29, 1.82) is 0 Å². The average Bonchev–Trinajstić information content (AvgIpc) is 3.20. The van der Waals surface area contributed by atoms with E-state index in [4.69, 9.17) is 0 Å². The first-order valence-electron chi connectivity index (χ1n) is 6.93. The van der Waals surface area contributed by atoms with E-state index in [9.17, 15) is 0 Å². The number of nitrogens with zero attached hydrogens (tertiary/aromatic N) is 4. The molecule has 4 nitrogen and oxygen atoms in total. The Hall–Kier alpha value is -1.70. The smallest absolute Gasteiger partial charge is 0.151 e. The van der Waals surface area contributed by atoms with Crippen molar-refractivity contribution >= 4 is 49.2 Å². The largest absolute Gasteiger partial charge is 0.230 e. The molecule has 4 rings (SSSR count). The van der Waals surface area contributed by atoms with Gasteiger partial charge in [-0.25, -0.2) is 9.67 Å². The molecule has 0 aliphatic carbocycles. The Morgan fingerprint density at radius 3 is 2.74 bits per heavy atom. The molecule has 0 unspecified atom stereocenters. The van der Waals surface area contributed by atoms with Crippen LogP contribution < -0.4 is 0 Å². The molecule has 0 saturated carbocycles.